The molecule has 1 amide bonds. The number of aromatic nitrogens is 1. The molecule has 34 heavy (non-hydrogen) atoms. The molecule has 1 fully saturated rings. The van der Waals surface area contributed by atoms with Crippen molar-refractivity contribution in [2.75, 3.05) is 27.4 Å². The molecule has 2 aromatic carbocycles. The number of H-pyrrole nitrogens is 1. The lowest BCUT2D eigenvalue weighted by Crippen LogP contribution is -2.32. The van der Waals surface area contributed by atoms with E-state index in [1.807, 2.05) is 57.2 Å². The average molecular weight is 463 g/mol. The molecular weight excluding hydrogens is 432 g/mol. The smallest absolute Gasteiger partial charge is 0.295 e. The Hall–Kier alpha value is -3.58. The fourth-order valence-electron chi connectivity index (χ4n) is 4.67. The van der Waals surface area contributed by atoms with Gasteiger partial charge >= 0.3 is 0 Å². The number of carbonyl (C=O) groups excluding carboxylic acids is 2. The van der Waals surface area contributed by atoms with Gasteiger partial charge in [-0.3, -0.25) is 9.59 Å². The van der Waals surface area contributed by atoms with Crippen LogP contribution in [-0.2, 0) is 14.3 Å². The number of para-hydroxylation sites is 1. The van der Waals surface area contributed by atoms with Crippen molar-refractivity contribution in [3.63, 3.8) is 0 Å². The van der Waals surface area contributed by atoms with Gasteiger partial charge in [-0.2, -0.15) is 0 Å². The van der Waals surface area contributed by atoms with Crippen molar-refractivity contribution in [3.05, 3.63) is 70.4 Å². The molecule has 7 heteroatoms. The van der Waals surface area contributed by atoms with E-state index in [0.29, 0.717) is 5.56 Å². The van der Waals surface area contributed by atoms with Gasteiger partial charge in [-0.15, -0.1) is 0 Å². The summed E-state index contributed by atoms with van der Waals surface area (Å²) in [6.45, 7) is 6.41. The number of amides is 1. The highest BCUT2D eigenvalue weighted by Gasteiger charge is 2.46. The van der Waals surface area contributed by atoms with Crippen molar-refractivity contribution in [1.29, 1.82) is 0 Å². The number of nitrogens with one attached hydrogen (secondary N) is 1. The fraction of sp³-hybridized carbons (Fsp3) is 0.333. The van der Waals surface area contributed by atoms with Crippen LogP contribution < -0.4 is 4.74 Å². The van der Waals surface area contributed by atoms with Crippen LogP contribution in [0.25, 0.3) is 16.7 Å². The van der Waals surface area contributed by atoms with Gasteiger partial charge in [0.25, 0.3) is 11.7 Å². The van der Waals surface area contributed by atoms with Crippen LogP contribution in [0.3, 0.4) is 0 Å². The first-order valence-corrected chi connectivity index (χ1v) is 11.3. The van der Waals surface area contributed by atoms with Gasteiger partial charge in [0, 0.05) is 41.9 Å². The number of ether oxygens (including phenoxy) is 2. The second-order valence-electron chi connectivity index (χ2n) is 8.84. The van der Waals surface area contributed by atoms with E-state index in [4.69, 9.17) is 9.47 Å². The zero-order valence-electron chi connectivity index (χ0n) is 20.1. The Morgan fingerprint density at radius 2 is 1.91 bits per heavy atom. The lowest BCUT2D eigenvalue weighted by Gasteiger charge is -2.25. The largest absolute Gasteiger partial charge is 0.507 e. The standard InChI is InChI=1S/C27H30N2O5/c1-15(2)18-13-19(16(3)12-22(18)34-5)25(30)23-24(29(10-11-33-4)27(32)26(23)31)20-14-28-21-9-7-6-8-17(20)21/h6-9,12-15,24,28,30H,10-11H2,1-5H3/b25-23+. The summed E-state index contributed by atoms with van der Waals surface area (Å²) in [5.74, 6) is -0.682. The highest BCUT2D eigenvalue weighted by Crippen LogP contribution is 2.43. The third-order valence-electron chi connectivity index (χ3n) is 6.45. The van der Waals surface area contributed by atoms with E-state index in [2.05, 4.69) is 4.98 Å². The molecule has 1 aromatic heterocycles. The molecule has 0 saturated carbocycles. The number of methoxy groups -OCH3 is 2. The minimum atomic E-state index is -0.740. The Morgan fingerprint density at radius 3 is 2.59 bits per heavy atom. The number of carbonyl (C=O) groups is 2. The summed E-state index contributed by atoms with van der Waals surface area (Å²) < 4.78 is 10.7. The van der Waals surface area contributed by atoms with Gasteiger partial charge in [-0.25, -0.2) is 0 Å². The molecule has 1 aliphatic rings. The molecule has 0 radical (unpaired) electrons. The molecule has 2 heterocycles. The lowest BCUT2D eigenvalue weighted by atomic mass is 9.91. The predicted molar refractivity (Wildman–Crippen MR) is 131 cm³/mol. The van der Waals surface area contributed by atoms with Crippen LogP contribution in [0.2, 0.25) is 0 Å². The maximum absolute atomic E-state index is 13.3. The highest BCUT2D eigenvalue weighted by atomic mass is 16.5. The molecule has 7 nitrogen and oxygen atoms in total. The van der Waals surface area contributed by atoms with Crippen LogP contribution in [0.15, 0.2) is 48.2 Å². The minimum absolute atomic E-state index is 0.0776. The number of rotatable bonds is 7. The Balaban J connectivity index is 1.96. The molecule has 1 unspecified atom stereocenters. The van der Waals surface area contributed by atoms with E-state index < -0.39 is 17.7 Å². The van der Waals surface area contributed by atoms with Crippen molar-refractivity contribution in [2.45, 2.75) is 32.7 Å². The van der Waals surface area contributed by atoms with Crippen LogP contribution in [0.4, 0.5) is 0 Å². The number of aryl methyl sites for hydroxylation is 1. The molecule has 3 aromatic rings. The number of hydrogen-bond donors (Lipinski definition) is 2. The number of fused-ring (bicyclic) bond motifs is 1. The first-order valence-electron chi connectivity index (χ1n) is 11.3. The summed E-state index contributed by atoms with van der Waals surface area (Å²) in [6, 6.07) is 10.7. The minimum Gasteiger partial charge on any atom is -0.507 e. The van der Waals surface area contributed by atoms with Gasteiger partial charge in [-0.1, -0.05) is 32.0 Å². The first-order chi connectivity index (χ1) is 16.3. The van der Waals surface area contributed by atoms with Crippen LogP contribution in [0.5, 0.6) is 5.75 Å². The van der Waals surface area contributed by atoms with E-state index in [9.17, 15) is 14.7 Å². The molecular formula is C27H30N2O5. The SMILES string of the molecule is COCCN1C(=O)C(=O)/C(=C(/O)c2cc(C(C)C)c(OC)cc2C)C1c1c[nH]c2ccccc12. The zero-order chi connectivity index (χ0) is 24.6. The van der Waals surface area contributed by atoms with Crippen molar-refractivity contribution < 1.29 is 24.2 Å². The summed E-state index contributed by atoms with van der Waals surface area (Å²) in [6.07, 6.45) is 1.80. The number of hydrogen-bond acceptors (Lipinski definition) is 5. The van der Waals surface area contributed by atoms with Gasteiger partial charge < -0.3 is 24.5 Å². The summed E-state index contributed by atoms with van der Waals surface area (Å²) in [4.78, 5) is 31.1. The quantitative estimate of drug-likeness (QED) is 0.302. The van der Waals surface area contributed by atoms with Crippen LogP contribution in [0.1, 0.15) is 48.1 Å². The summed E-state index contributed by atoms with van der Waals surface area (Å²) in [7, 11) is 3.16. The van der Waals surface area contributed by atoms with Crippen molar-refractivity contribution >= 4 is 28.4 Å². The lowest BCUT2D eigenvalue weighted by molar-refractivity contribution is -0.140. The van der Waals surface area contributed by atoms with E-state index >= 15 is 0 Å². The third kappa shape index (κ3) is 3.86. The number of aliphatic hydroxyl groups excluding tert-OH is 1. The van der Waals surface area contributed by atoms with Crippen molar-refractivity contribution in [1.82, 2.24) is 9.88 Å². The van der Waals surface area contributed by atoms with Gasteiger partial charge in [0.2, 0.25) is 0 Å². The number of ketones is 1. The number of Topliss-reactive ketones (excluding diaryl/α,β-unsaturated/α-hetero) is 1. The Morgan fingerprint density at radius 1 is 1.18 bits per heavy atom. The Bertz CT molecular complexity index is 1290. The van der Waals surface area contributed by atoms with Crippen molar-refractivity contribution in [2.24, 2.45) is 0 Å². The van der Waals surface area contributed by atoms with Crippen molar-refractivity contribution in [3.8, 4) is 5.75 Å². The van der Waals surface area contributed by atoms with E-state index in [1.54, 1.807) is 20.4 Å². The average Bonchev–Trinajstić information content (AvgIpc) is 3.35. The number of likely N-dealkylation sites (tertiary alicyclic amines) is 1. The maximum Gasteiger partial charge on any atom is 0.295 e. The van der Waals surface area contributed by atoms with E-state index in [0.717, 1.165) is 33.3 Å². The van der Waals surface area contributed by atoms with Crippen LogP contribution in [0, 0.1) is 6.92 Å². The third-order valence-corrected chi connectivity index (χ3v) is 6.45. The van der Waals surface area contributed by atoms with Gasteiger partial charge in [0.05, 0.1) is 25.3 Å². The topological polar surface area (TPSA) is 91.9 Å². The number of aromatic amines is 1. The van der Waals surface area contributed by atoms with Gasteiger partial charge in [0.15, 0.2) is 0 Å². The number of benzene rings is 2. The molecule has 0 spiro atoms. The second-order valence-corrected chi connectivity index (χ2v) is 8.84. The summed E-state index contributed by atoms with van der Waals surface area (Å²) in [5.41, 5.74) is 3.89. The van der Waals surface area contributed by atoms with E-state index in [1.165, 1.54) is 4.90 Å². The summed E-state index contributed by atoms with van der Waals surface area (Å²) in [5, 5.41) is 12.4. The molecule has 1 aliphatic heterocycles. The zero-order valence-corrected chi connectivity index (χ0v) is 20.1. The van der Waals surface area contributed by atoms with E-state index in [-0.39, 0.29) is 30.4 Å². The number of nitrogens with zero attached hydrogens (tertiary/aromatic N) is 1. The van der Waals surface area contributed by atoms with Gasteiger partial charge in [0.1, 0.15) is 11.5 Å². The molecule has 0 bridgehead atoms. The molecule has 1 saturated heterocycles. The molecule has 0 aliphatic carbocycles. The number of aliphatic hydroxyl groups is 1. The first kappa shape index (κ1) is 23.6. The van der Waals surface area contributed by atoms with Gasteiger partial charge in [-0.05, 0) is 42.2 Å². The Kier molecular flexibility index (Phi) is 6.48. The normalized spacial score (nSPS) is 17.8. The van der Waals surface area contributed by atoms with Crippen LogP contribution in [-0.4, -0.2) is 54.1 Å². The Labute approximate surface area is 199 Å². The fourth-order valence-corrected chi connectivity index (χ4v) is 4.67. The molecule has 1 atom stereocenters. The van der Waals surface area contributed by atoms with Crippen LogP contribution >= 0.6 is 0 Å². The monoisotopic (exact) mass is 462 g/mol. The summed E-state index contributed by atoms with van der Waals surface area (Å²) >= 11 is 0. The second kappa shape index (κ2) is 9.35. The molecule has 178 valence electrons. The predicted octanol–water partition coefficient (Wildman–Crippen LogP) is 4.68. The molecule has 4 rings (SSSR count). The molecule has 2 N–H and O–H groups in total. The highest BCUT2D eigenvalue weighted by molar-refractivity contribution is 6.46. The maximum atomic E-state index is 13.3.